The van der Waals surface area contributed by atoms with Crippen molar-refractivity contribution in [3.8, 4) is 0 Å². The molecule has 76 valence electrons. The van der Waals surface area contributed by atoms with Gasteiger partial charge in [-0.05, 0) is 13.0 Å². The Balaban J connectivity index is 2.40. The number of Topliss-reactive ketones (excluding diaryl/α,β-unsaturated/α-hetero) is 1. The zero-order chi connectivity index (χ0) is 10.6. The summed E-state index contributed by atoms with van der Waals surface area (Å²) in [7, 11) is 0. The third-order valence-electron chi connectivity index (χ3n) is 1.86. The molecule has 0 aliphatic heterocycles. The first-order valence-corrected chi connectivity index (χ1v) is 4.23. The van der Waals surface area contributed by atoms with Crippen molar-refractivity contribution in [1.82, 2.24) is 10.3 Å². The van der Waals surface area contributed by atoms with Crippen molar-refractivity contribution in [1.29, 1.82) is 0 Å². The van der Waals surface area contributed by atoms with E-state index in [-0.39, 0.29) is 12.3 Å². The molecule has 0 spiro atoms. The highest BCUT2D eigenvalue weighted by molar-refractivity contribution is 5.97. The number of ketones is 1. The van der Waals surface area contributed by atoms with Gasteiger partial charge in [-0.1, -0.05) is 0 Å². The predicted molar refractivity (Wildman–Crippen MR) is 50.2 cm³/mol. The summed E-state index contributed by atoms with van der Waals surface area (Å²) in [6.45, 7) is 1.53. The zero-order valence-electron chi connectivity index (χ0n) is 7.78. The van der Waals surface area contributed by atoms with Crippen molar-refractivity contribution in [2.45, 2.75) is 13.0 Å². The Labute approximate surface area is 81.1 Å². The zero-order valence-corrected chi connectivity index (χ0v) is 7.78. The van der Waals surface area contributed by atoms with Crippen LogP contribution in [0.5, 0.6) is 0 Å². The van der Waals surface area contributed by atoms with Gasteiger partial charge in [0.15, 0.2) is 5.78 Å². The van der Waals surface area contributed by atoms with Gasteiger partial charge in [-0.2, -0.15) is 0 Å². The van der Waals surface area contributed by atoms with Gasteiger partial charge in [0.05, 0.1) is 6.54 Å². The number of hydrogen-bond acceptors (Lipinski definition) is 3. The molecule has 0 saturated carbocycles. The monoisotopic (exact) mass is 196 g/mol. The van der Waals surface area contributed by atoms with Crippen molar-refractivity contribution in [3.63, 3.8) is 0 Å². The van der Waals surface area contributed by atoms with Crippen LogP contribution in [0.1, 0.15) is 17.3 Å². The Hall–Kier alpha value is -1.62. The summed E-state index contributed by atoms with van der Waals surface area (Å²) in [5, 5.41) is 11.2. The third kappa shape index (κ3) is 2.70. The maximum absolute atomic E-state index is 11.4. The van der Waals surface area contributed by atoms with E-state index in [1.54, 1.807) is 18.5 Å². The minimum absolute atomic E-state index is 0.0331. The Morgan fingerprint density at radius 3 is 2.86 bits per heavy atom. The predicted octanol–water partition coefficient (Wildman–Crippen LogP) is 0.260. The number of hydrogen-bond donors (Lipinski definition) is 3. The van der Waals surface area contributed by atoms with Crippen LogP contribution in [0.3, 0.4) is 0 Å². The van der Waals surface area contributed by atoms with E-state index >= 15 is 0 Å². The number of H-pyrrole nitrogens is 1. The van der Waals surface area contributed by atoms with E-state index in [0.29, 0.717) is 5.56 Å². The molecule has 1 unspecified atom stereocenters. The van der Waals surface area contributed by atoms with Gasteiger partial charge in [-0.15, -0.1) is 0 Å². The van der Waals surface area contributed by atoms with Crippen molar-refractivity contribution in [3.05, 3.63) is 24.0 Å². The second-order valence-electron chi connectivity index (χ2n) is 2.96. The number of aromatic amines is 1. The van der Waals surface area contributed by atoms with Crippen molar-refractivity contribution < 1.29 is 14.7 Å². The Morgan fingerprint density at radius 1 is 1.64 bits per heavy atom. The third-order valence-corrected chi connectivity index (χ3v) is 1.86. The van der Waals surface area contributed by atoms with Gasteiger partial charge in [0, 0.05) is 18.0 Å². The Morgan fingerprint density at radius 2 is 2.36 bits per heavy atom. The van der Waals surface area contributed by atoms with Crippen LogP contribution in [0.4, 0.5) is 0 Å². The van der Waals surface area contributed by atoms with Crippen LogP contribution in [-0.2, 0) is 4.79 Å². The molecule has 1 atom stereocenters. The molecular weight excluding hydrogens is 184 g/mol. The maximum atomic E-state index is 11.4. The first kappa shape index (κ1) is 10.5. The summed E-state index contributed by atoms with van der Waals surface area (Å²) in [6, 6.07) is 0.938. The summed E-state index contributed by atoms with van der Waals surface area (Å²) in [5.74, 6) is -1.09. The largest absolute Gasteiger partial charge is 0.480 e. The number of aliphatic carboxylic acids is 1. The van der Waals surface area contributed by atoms with Crippen LogP contribution in [0.15, 0.2) is 18.5 Å². The van der Waals surface area contributed by atoms with E-state index in [4.69, 9.17) is 5.11 Å². The van der Waals surface area contributed by atoms with Gasteiger partial charge < -0.3 is 10.1 Å². The molecule has 1 heterocycles. The number of carboxylic acids is 1. The van der Waals surface area contributed by atoms with Crippen molar-refractivity contribution in [2.75, 3.05) is 6.54 Å². The number of carbonyl (C=O) groups is 2. The van der Waals surface area contributed by atoms with E-state index in [1.807, 2.05) is 0 Å². The standard InChI is InChI=1S/C9H12N2O3/c1-6(9(13)14)11-5-8(12)7-2-3-10-4-7/h2-4,6,10-11H,5H2,1H3,(H,13,14). The highest BCUT2D eigenvalue weighted by Gasteiger charge is 2.12. The summed E-state index contributed by atoms with van der Waals surface area (Å²) >= 11 is 0. The first-order valence-electron chi connectivity index (χ1n) is 4.23. The lowest BCUT2D eigenvalue weighted by Crippen LogP contribution is -2.37. The molecule has 1 aromatic heterocycles. The van der Waals surface area contributed by atoms with Crippen LogP contribution in [0.2, 0.25) is 0 Å². The summed E-state index contributed by atoms with van der Waals surface area (Å²) < 4.78 is 0. The van der Waals surface area contributed by atoms with Gasteiger partial charge >= 0.3 is 5.97 Å². The first-order chi connectivity index (χ1) is 6.61. The lowest BCUT2D eigenvalue weighted by atomic mass is 10.2. The van der Waals surface area contributed by atoms with Crippen molar-refractivity contribution >= 4 is 11.8 Å². The minimum atomic E-state index is -0.966. The molecule has 5 nitrogen and oxygen atoms in total. The molecule has 14 heavy (non-hydrogen) atoms. The lowest BCUT2D eigenvalue weighted by Gasteiger charge is -2.06. The molecular formula is C9H12N2O3. The van der Waals surface area contributed by atoms with Crippen LogP contribution in [0.25, 0.3) is 0 Å². The van der Waals surface area contributed by atoms with Crippen LogP contribution < -0.4 is 5.32 Å². The van der Waals surface area contributed by atoms with E-state index < -0.39 is 12.0 Å². The number of carboxylic acid groups (broad SMARTS) is 1. The molecule has 0 aromatic carbocycles. The topological polar surface area (TPSA) is 82.2 Å². The molecule has 0 amide bonds. The van der Waals surface area contributed by atoms with Gasteiger partial charge in [0.2, 0.25) is 0 Å². The Kier molecular flexibility index (Phi) is 3.41. The smallest absolute Gasteiger partial charge is 0.320 e. The molecule has 1 aromatic rings. The molecule has 0 saturated heterocycles. The summed E-state index contributed by atoms with van der Waals surface area (Å²) in [4.78, 5) is 24.5. The number of carbonyl (C=O) groups excluding carboxylic acids is 1. The molecule has 1 rings (SSSR count). The van der Waals surface area contributed by atoms with Crippen molar-refractivity contribution in [2.24, 2.45) is 0 Å². The van der Waals surface area contributed by atoms with E-state index in [1.165, 1.54) is 6.92 Å². The highest BCUT2D eigenvalue weighted by Crippen LogP contribution is 1.97. The van der Waals surface area contributed by atoms with Gasteiger partial charge in [0.1, 0.15) is 6.04 Å². The highest BCUT2D eigenvalue weighted by atomic mass is 16.4. The average Bonchev–Trinajstić information content (AvgIpc) is 2.66. The second-order valence-corrected chi connectivity index (χ2v) is 2.96. The molecule has 5 heteroatoms. The molecule has 0 aliphatic carbocycles. The average molecular weight is 196 g/mol. The number of nitrogens with one attached hydrogen (secondary N) is 2. The second kappa shape index (κ2) is 4.57. The van der Waals surface area contributed by atoms with Gasteiger partial charge in [-0.3, -0.25) is 14.9 Å². The number of aromatic nitrogens is 1. The lowest BCUT2D eigenvalue weighted by molar-refractivity contribution is -0.138. The fourth-order valence-electron chi connectivity index (χ4n) is 0.932. The van der Waals surface area contributed by atoms with Crippen LogP contribution in [0, 0.1) is 0 Å². The SMILES string of the molecule is CC(NCC(=O)c1cc[nH]c1)C(=O)O. The minimum Gasteiger partial charge on any atom is -0.480 e. The molecule has 0 aliphatic rings. The van der Waals surface area contributed by atoms with E-state index in [9.17, 15) is 9.59 Å². The van der Waals surface area contributed by atoms with Crippen LogP contribution >= 0.6 is 0 Å². The van der Waals surface area contributed by atoms with E-state index in [2.05, 4.69) is 10.3 Å². The van der Waals surface area contributed by atoms with Gasteiger partial charge in [0.25, 0.3) is 0 Å². The summed E-state index contributed by atoms with van der Waals surface area (Å²) in [5.41, 5.74) is 0.551. The fraction of sp³-hybridized carbons (Fsp3) is 0.333. The molecule has 0 radical (unpaired) electrons. The Bertz CT molecular complexity index is 319. The molecule has 0 fully saturated rings. The molecule has 3 N–H and O–H groups in total. The van der Waals surface area contributed by atoms with E-state index in [0.717, 1.165) is 0 Å². The quantitative estimate of drug-likeness (QED) is 0.590. The summed E-state index contributed by atoms with van der Waals surface area (Å²) in [6.07, 6.45) is 3.23. The number of rotatable bonds is 5. The molecule has 0 bridgehead atoms. The fourth-order valence-corrected chi connectivity index (χ4v) is 0.932. The normalized spacial score (nSPS) is 12.4. The van der Waals surface area contributed by atoms with Gasteiger partial charge in [-0.25, -0.2) is 0 Å². The van der Waals surface area contributed by atoms with Crippen LogP contribution in [-0.4, -0.2) is 34.4 Å². The maximum Gasteiger partial charge on any atom is 0.320 e.